The summed E-state index contributed by atoms with van der Waals surface area (Å²) < 4.78 is 43.9. The number of halogens is 3. The third kappa shape index (κ3) is 4.76. The van der Waals surface area contributed by atoms with Gasteiger partial charge in [0.15, 0.2) is 0 Å². The number of carbonyl (C=O) groups excluding carboxylic acids is 1. The lowest BCUT2D eigenvalue weighted by atomic mass is 10.2. The van der Waals surface area contributed by atoms with Crippen molar-refractivity contribution < 1.29 is 22.7 Å². The fraction of sp³-hybridized carbons (Fsp3) is 0.714. The van der Waals surface area contributed by atoms with Crippen LogP contribution in [0.5, 0.6) is 5.88 Å². The lowest BCUT2D eigenvalue weighted by Crippen LogP contribution is -2.43. The topological polar surface area (TPSA) is 71.4 Å². The van der Waals surface area contributed by atoms with Crippen LogP contribution >= 0.6 is 0 Å². The van der Waals surface area contributed by atoms with Gasteiger partial charge in [0.2, 0.25) is 5.88 Å². The number of nitrogens with one attached hydrogen (secondary N) is 2. The minimum Gasteiger partial charge on any atom is -0.481 e. The number of rotatable bonds is 5. The maximum atomic E-state index is 12.4. The van der Waals surface area contributed by atoms with Crippen LogP contribution in [0.25, 0.3) is 0 Å². The zero-order chi connectivity index (χ0) is 17.9. The Labute approximate surface area is 138 Å². The van der Waals surface area contributed by atoms with Crippen LogP contribution in [0.3, 0.4) is 0 Å². The first kappa shape index (κ1) is 18.4. The van der Waals surface area contributed by atoms with E-state index in [1.165, 1.54) is 12.0 Å². The molecule has 1 aliphatic rings. The molecule has 1 unspecified atom stereocenters. The standard InChI is InChI=1S/C14H22F3N5O2/c1-9-11(12(24-3)21(2)20-9)6-18-13(23)19-10-4-5-22(7-10)8-14(15,16)17/h10H,4-8H2,1-3H3,(H2,18,19,23). The molecule has 136 valence electrons. The van der Waals surface area contributed by atoms with Gasteiger partial charge < -0.3 is 15.4 Å². The van der Waals surface area contributed by atoms with E-state index in [0.29, 0.717) is 18.8 Å². The average Bonchev–Trinajstić information content (AvgIpc) is 2.98. The van der Waals surface area contributed by atoms with Gasteiger partial charge in [0, 0.05) is 26.2 Å². The molecule has 0 spiro atoms. The number of methoxy groups -OCH3 is 1. The summed E-state index contributed by atoms with van der Waals surface area (Å²) in [6.07, 6.45) is -3.72. The predicted molar refractivity (Wildman–Crippen MR) is 80.8 cm³/mol. The molecular weight excluding hydrogens is 327 g/mol. The number of hydrogen-bond acceptors (Lipinski definition) is 4. The van der Waals surface area contributed by atoms with Crippen LogP contribution in [0.15, 0.2) is 0 Å². The molecule has 1 aliphatic heterocycles. The molecule has 10 heteroatoms. The van der Waals surface area contributed by atoms with Crippen molar-refractivity contribution in [3.8, 4) is 5.88 Å². The molecular formula is C14H22F3N5O2. The van der Waals surface area contributed by atoms with Gasteiger partial charge in [-0.2, -0.15) is 18.3 Å². The van der Waals surface area contributed by atoms with Gasteiger partial charge in [0.05, 0.1) is 31.5 Å². The summed E-state index contributed by atoms with van der Waals surface area (Å²) >= 11 is 0. The third-order valence-electron chi connectivity index (χ3n) is 3.92. The van der Waals surface area contributed by atoms with Crippen molar-refractivity contribution in [2.45, 2.75) is 32.1 Å². The minimum atomic E-state index is -4.22. The first-order valence-corrected chi connectivity index (χ1v) is 7.59. The summed E-state index contributed by atoms with van der Waals surface area (Å²) in [7, 11) is 3.26. The highest BCUT2D eigenvalue weighted by Gasteiger charge is 2.34. The molecule has 2 amide bonds. The minimum absolute atomic E-state index is 0.197. The molecule has 0 radical (unpaired) electrons. The van der Waals surface area contributed by atoms with Crippen molar-refractivity contribution >= 4 is 6.03 Å². The molecule has 2 rings (SSSR count). The molecule has 1 aromatic heterocycles. The molecule has 0 saturated carbocycles. The van der Waals surface area contributed by atoms with Gasteiger partial charge in [-0.1, -0.05) is 0 Å². The SMILES string of the molecule is COc1c(CNC(=O)NC2CCN(CC(F)(F)F)C2)c(C)nn1C. The van der Waals surface area contributed by atoms with Crippen molar-refractivity contribution in [3.63, 3.8) is 0 Å². The fourth-order valence-corrected chi connectivity index (χ4v) is 2.89. The van der Waals surface area contributed by atoms with E-state index in [9.17, 15) is 18.0 Å². The van der Waals surface area contributed by atoms with Crippen molar-refractivity contribution in [1.29, 1.82) is 0 Å². The second kappa shape index (κ2) is 7.29. The van der Waals surface area contributed by atoms with E-state index in [1.54, 1.807) is 11.7 Å². The van der Waals surface area contributed by atoms with Crippen LogP contribution in [-0.4, -0.2) is 59.7 Å². The van der Waals surface area contributed by atoms with Crippen LogP contribution in [0.4, 0.5) is 18.0 Å². The molecule has 2 N–H and O–H groups in total. The third-order valence-corrected chi connectivity index (χ3v) is 3.92. The molecule has 1 saturated heterocycles. The normalized spacial score (nSPS) is 18.7. The molecule has 1 fully saturated rings. The van der Waals surface area contributed by atoms with Crippen LogP contribution in [-0.2, 0) is 13.6 Å². The first-order valence-electron chi connectivity index (χ1n) is 7.59. The molecule has 2 heterocycles. The maximum absolute atomic E-state index is 12.4. The lowest BCUT2D eigenvalue weighted by molar-refractivity contribution is -0.143. The number of nitrogens with zero attached hydrogens (tertiary/aromatic N) is 3. The van der Waals surface area contributed by atoms with E-state index < -0.39 is 18.8 Å². The quantitative estimate of drug-likeness (QED) is 0.837. The van der Waals surface area contributed by atoms with Crippen molar-refractivity contribution in [1.82, 2.24) is 25.3 Å². The van der Waals surface area contributed by atoms with Crippen LogP contribution in [0, 0.1) is 6.92 Å². The predicted octanol–water partition coefficient (Wildman–Crippen LogP) is 1.17. The van der Waals surface area contributed by atoms with Crippen LogP contribution in [0.2, 0.25) is 0 Å². The Morgan fingerprint density at radius 3 is 2.79 bits per heavy atom. The van der Waals surface area contributed by atoms with E-state index in [0.717, 1.165) is 11.3 Å². The summed E-state index contributed by atoms with van der Waals surface area (Å²) in [6.45, 7) is 1.61. The van der Waals surface area contributed by atoms with Crippen LogP contribution in [0.1, 0.15) is 17.7 Å². The highest BCUT2D eigenvalue weighted by molar-refractivity contribution is 5.74. The largest absolute Gasteiger partial charge is 0.481 e. The number of ether oxygens (including phenoxy) is 1. The molecule has 7 nitrogen and oxygen atoms in total. The van der Waals surface area contributed by atoms with Crippen molar-refractivity contribution in [2.75, 3.05) is 26.7 Å². The number of hydrogen-bond donors (Lipinski definition) is 2. The van der Waals surface area contributed by atoms with Gasteiger partial charge in [-0.15, -0.1) is 0 Å². The number of aryl methyl sites for hydroxylation is 2. The Morgan fingerprint density at radius 2 is 2.17 bits per heavy atom. The van der Waals surface area contributed by atoms with Gasteiger partial charge in [0.25, 0.3) is 0 Å². The van der Waals surface area contributed by atoms with E-state index in [-0.39, 0.29) is 19.1 Å². The second-order valence-corrected chi connectivity index (χ2v) is 5.86. The monoisotopic (exact) mass is 349 g/mol. The molecule has 1 aromatic rings. The number of aromatic nitrogens is 2. The smallest absolute Gasteiger partial charge is 0.401 e. The van der Waals surface area contributed by atoms with E-state index >= 15 is 0 Å². The maximum Gasteiger partial charge on any atom is 0.401 e. The Bertz CT molecular complexity index is 588. The highest BCUT2D eigenvalue weighted by atomic mass is 19.4. The summed E-state index contributed by atoms with van der Waals surface area (Å²) in [6, 6.07) is -0.705. The Balaban J connectivity index is 1.81. The van der Waals surface area contributed by atoms with E-state index in [2.05, 4.69) is 15.7 Å². The van der Waals surface area contributed by atoms with E-state index in [4.69, 9.17) is 4.74 Å². The molecule has 0 aromatic carbocycles. The second-order valence-electron chi connectivity index (χ2n) is 5.86. The summed E-state index contributed by atoms with van der Waals surface area (Å²) in [5.41, 5.74) is 1.51. The lowest BCUT2D eigenvalue weighted by Gasteiger charge is -2.18. The molecule has 1 atom stereocenters. The average molecular weight is 349 g/mol. The number of amides is 2. The Morgan fingerprint density at radius 1 is 1.46 bits per heavy atom. The van der Waals surface area contributed by atoms with Crippen molar-refractivity contribution in [2.24, 2.45) is 7.05 Å². The fourth-order valence-electron chi connectivity index (χ4n) is 2.89. The molecule has 24 heavy (non-hydrogen) atoms. The van der Waals surface area contributed by atoms with Crippen LogP contribution < -0.4 is 15.4 Å². The van der Waals surface area contributed by atoms with Crippen molar-refractivity contribution in [3.05, 3.63) is 11.3 Å². The van der Waals surface area contributed by atoms with Gasteiger partial charge in [-0.3, -0.25) is 4.90 Å². The van der Waals surface area contributed by atoms with Gasteiger partial charge in [-0.05, 0) is 13.3 Å². The summed E-state index contributed by atoms with van der Waals surface area (Å²) in [5.74, 6) is 0.560. The zero-order valence-corrected chi connectivity index (χ0v) is 13.9. The van der Waals surface area contributed by atoms with E-state index in [1.807, 2.05) is 6.92 Å². The number of carbonyl (C=O) groups is 1. The number of urea groups is 1. The van der Waals surface area contributed by atoms with Gasteiger partial charge in [0.1, 0.15) is 0 Å². The highest BCUT2D eigenvalue weighted by Crippen LogP contribution is 2.21. The Hall–Kier alpha value is -1.97. The first-order chi connectivity index (χ1) is 11.2. The summed E-state index contributed by atoms with van der Waals surface area (Å²) in [5, 5.41) is 9.61. The summed E-state index contributed by atoms with van der Waals surface area (Å²) in [4.78, 5) is 13.2. The zero-order valence-electron chi connectivity index (χ0n) is 13.9. The van der Waals surface area contributed by atoms with Gasteiger partial charge >= 0.3 is 12.2 Å². The molecule has 0 aliphatic carbocycles. The van der Waals surface area contributed by atoms with Gasteiger partial charge in [-0.25, -0.2) is 9.48 Å². The molecule has 0 bridgehead atoms. The number of likely N-dealkylation sites (tertiary alicyclic amines) is 1. The Kier molecular flexibility index (Phi) is 5.58. The number of alkyl halides is 3.